The Morgan fingerprint density at radius 2 is 1.76 bits per heavy atom. The van der Waals surface area contributed by atoms with E-state index in [0.717, 1.165) is 6.54 Å². The molecule has 3 nitrogen and oxygen atoms in total. The van der Waals surface area contributed by atoms with Crippen molar-refractivity contribution in [3.05, 3.63) is 71.3 Å². The lowest BCUT2D eigenvalue weighted by molar-refractivity contribution is -0.138. The molecule has 0 radical (unpaired) electrons. The van der Waals surface area contributed by atoms with Crippen LogP contribution in [0.25, 0.3) is 11.1 Å². The number of ether oxygens (including phenoxy) is 1. The second-order valence-corrected chi connectivity index (χ2v) is 6.00. The predicted octanol–water partition coefficient (Wildman–Crippen LogP) is 4.60. The molecule has 0 aliphatic carbocycles. The number of esters is 1. The number of aryl methyl sites for hydroxylation is 1. The normalized spacial score (nSPS) is 10.0. The van der Waals surface area contributed by atoms with Gasteiger partial charge in [0.2, 0.25) is 0 Å². The molecule has 0 amide bonds. The fourth-order valence-corrected chi connectivity index (χ4v) is 2.54. The molecule has 0 aromatic heterocycles. The smallest absolute Gasteiger partial charge is 0.333 e. The van der Waals surface area contributed by atoms with Gasteiger partial charge in [-0.25, -0.2) is 4.79 Å². The number of halogens is 1. The Hall–Kier alpha value is -2.10. The van der Waals surface area contributed by atoms with Crippen LogP contribution in [0.2, 0.25) is 0 Å². The number of carbonyl (C=O) groups excluding carboxylic acids is 1. The Morgan fingerprint density at radius 1 is 1.08 bits per heavy atom. The second-order valence-electron chi connectivity index (χ2n) is 6.00. The lowest BCUT2D eigenvalue weighted by Crippen LogP contribution is -2.21. The third kappa shape index (κ3) is 5.73. The minimum atomic E-state index is -0.340. The average molecular weight is 360 g/mol. The summed E-state index contributed by atoms with van der Waals surface area (Å²) in [6.45, 7) is 11.2. The van der Waals surface area contributed by atoms with Crippen LogP contribution in [0.3, 0.4) is 0 Å². The van der Waals surface area contributed by atoms with Crippen LogP contribution in [0, 0.1) is 13.8 Å². The van der Waals surface area contributed by atoms with Crippen LogP contribution in [0.4, 0.5) is 0 Å². The molecule has 0 saturated carbocycles. The monoisotopic (exact) mass is 359 g/mol. The molecule has 4 heteroatoms. The lowest BCUT2D eigenvalue weighted by atomic mass is 9.93. The molecule has 0 aliphatic rings. The van der Waals surface area contributed by atoms with Crippen molar-refractivity contribution in [3.63, 3.8) is 0 Å². The van der Waals surface area contributed by atoms with Crippen LogP contribution in [0.15, 0.2) is 54.6 Å². The summed E-state index contributed by atoms with van der Waals surface area (Å²) in [5.74, 6) is -0.340. The number of hydrogen-bond donors (Lipinski definition) is 1. The molecule has 0 bridgehead atoms. The number of nitrogens with one attached hydrogen (secondary N) is 1. The van der Waals surface area contributed by atoms with E-state index >= 15 is 0 Å². The molecule has 0 unspecified atom stereocenters. The Kier molecular flexibility index (Phi) is 8.39. The summed E-state index contributed by atoms with van der Waals surface area (Å²) in [7, 11) is 0. The molecule has 25 heavy (non-hydrogen) atoms. The molecule has 2 rings (SSSR count). The van der Waals surface area contributed by atoms with Gasteiger partial charge >= 0.3 is 5.97 Å². The number of rotatable bonds is 7. The van der Waals surface area contributed by atoms with Crippen LogP contribution in [0.5, 0.6) is 0 Å². The van der Waals surface area contributed by atoms with Crippen molar-refractivity contribution in [1.82, 2.24) is 5.32 Å². The van der Waals surface area contributed by atoms with Gasteiger partial charge in [-0.05, 0) is 48.6 Å². The van der Waals surface area contributed by atoms with Gasteiger partial charge in [-0.2, -0.15) is 0 Å². The molecular formula is C21H26ClNO2. The van der Waals surface area contributed by atoms with Gasteiger partial charge < -0.3 is 10.1 Å². The van der Waals surface area contributed by atoms with Gasteiger partial charge in [0.05, 0.1) is 0 Å². The zero-order valence-corrected chi connectivity index (χ0v) is 15.9. The van der Waals surface area contributed by atoms with E-state index in [9.17, 15) is 4.79 Å². The Bertz CT molecular complexity index is 740. The fraction of sp³-hybridized carbons (Fsp3) is 0.286. The van der Waals surface area contributed by atoms with Gasteiger partial charge in [-0.3, -0.25) is 0 Å². The van der Waals surface area contributed by atoms with E-state index in [2.05, 4.69) is 62.1 Å². The molecule has 0 fully saturated rings. The summed E-state index contributed by atoms with van der Waals surface area (Å²) in [5.41, 5.74) is 6.77. The maximum absolute atomic E-state index is 11.3. The van der Waals surface area contributed by atoms with Gasteiger partial charge in [-0.15, -0.1) is 12.4 Å². The molecule has 2 aromatic rings. The van der Waals surface area contributed by atoms with Crippen molar-refractivity contribution < 1.29 is 9.53 Å². The van der Waals surface area contributed by atoms with Gasteiger partial charge in [0.25, 0.3) is 0 Å². The molecule has 0 atom stereocenters. The molecule has 2 aromatic carbocycles. The SMILES string of the molecule is C=C(C)C(=O)OCCNCc1ccccc1-c1cccc(C)c1C.Cl. The first-order chi connectivity index (χ1) is 11.5. The van der Waals surface area contributed by atoms with Gasteiger partial charge in [0.1, 0.15) is 6.61 Å². The minimum Gasteiger partial charge on any atom is -0.461 e. The first-order valence-corrected chi connectivity index (χ1v) is 8.18. The Morgan fingerprint density at radius 3 is 2.48 bits per heavy atom. The highest BCUT2D eigenvalue weighted by atomic mass is 35.5. The molecule has 0 aliphatic heterocycles. The van der Waals surface area contributed by atoms with Crippen molar-refractivity contribution in [1.29, 1.82) is 0 Å². The zero-order valence-electron chi connectivity index (χ0n) is 15.1. The third-order valence-corrected chi connectivity index (χ3v) is 4.09. The fourth-order valence-electron chi connectivity index (χ4n) is 2.54. The highest BCUT2D eigenvalue weighted by Gasteiger charge is 2.08. The number of hydrogen-bond acceptors (Lipinski definition) is 3. The Balaban J connectivity index is 0.00000312. The quantitative estimate of drug-likeness (QED) is 0.446. The lowest BCUT2D eigenvalue weighted by Gasteiger charge is -2.14. The minimum absolute atomic E-state index is 0. The molecule has 0 heterocycles. The summed E-state index contributed by atoms with van der Waals surface area (Å²) in [5, 5.41) is 3.33. The topological polar surface area (TPSA) is 38.3 Å². The summed E-state index contributed by atoms with van der Waals surface area (Å²) >= 11 is 0. The molecule has 0 spiro atoms. The predicted molar refractivity (Wildman–Crippen MR) is 106 cm³/mol. The number of benzene rings is 2. The Labute approximate surface area is 156 Å². The summed E-state index contributed by atoms with van der Waals surface area (Å²) in [4.78, 5) is 11.3. The summed E-state index contributed by atoms with van der Waals surface area (Å²) in [6, 6.07) is 14.8. The van der Waals surface area contributed by atoms with Crippen LogP contribution in [-0.2, 0) is 16.1 Å². The number of carbonyl (C=O) groups is 1. The summed E-state index contributed by atoms with van der Waals surface area (Å²) in [6.07, 6.45) is 0. The maximum Gasteiger partial charge on any atom is 0.333 e. The van der Waals surface area contributed by atoms with E-state index in [0.29, 0.717) is 18.7 Å². The van der Waals surface area contributed by atoms with Gasteiger partial charge in [0.15, 0.2) is 0 Å². The highest BCUT2D eigenvalue weighted by molar-refractivity contribution is 5.86. The van der Waals surface area contributed by atoms with Crippen LogP contribution >= 0.6 is 12.4 Å². The molecule has 0 saturated heterocycles. The average Bonchev–Trinajstić information content (AvgIpc) is 2.57. The van der Waals surface area contributed by atoms with Crippen LogP contribution < -0.4 is 5.32 Å². The van der Waals surface area contributed by atoms with Crippen molar-refractivity contribution in [2.45, 2.75) is 27.3 Å². The molecule has 1 N–H and O–H groups in total. The van der Waals surface area contributed by atoms with E-state index in [1.807, 2.05) is 6.07 Å². The second kappa shape index (κ2) is 10.0. The highest BCUT2D eigenvalue weighted by Crippen LogP contribution is 2.28. The van der Waals surface area contributed by atoms with E-state index in [1.54, 1.807) is 6.92 Å². The largest absolute Gasteiger partial charge is 0.461 e. The van der Waals surface area contributed by atoms with E-state index < -0.39 is 0 Å². The first-order valence-electron chi connectivity index (χ1n) is 8.18. The van der Waals surface area contributed by atoms with Crippen molar-refractivity contribution in [2.75, 3.05) is 13.2 Å². The van der Waals surface area contributed by atoms with Crippen molar-refractivity contribution >= 4 is 18.4 Å². The van der Waals surface area contributed by atoms with E-state index in [-0.39, 0.29) is 18.4 Å². The third-order valence-electron chi connectivity index (χ3n) is 4.09. The zero-order chi connectivity index (χ0) is 17.5. The van der Waals surface area contributed by atoms with Crippen LogP contribution in [0.1, 0.15) is 23.6 Å². The van der Waals surface area contributed by atoms with Crippen molar-refractivity contribution in [3.8, 4) is 11.1 Å². The maximum atomic E-state index is 11.3. The van der Waals surface area contributed by atoms with Crippen LogP contribution in [-0.4, -0.2) is 19.1 Å². The van der Waals surface area contributed by atoms with Gasteiger partial charge in [0, 0.05) is 18.7 Å². The first kappa shape index (κ1) is 20.9. The van der Waals surface area contributed by atoms with E-state index in [4.69, 9.17) is 4.74 Å². The molecular weight excluding hydrogens is 334 g/mol. The standard InChI is InChI=1S/C21H25NO2.ClH/c1-15(2)21(23)24-13-12-22-14-18-9-5-6-10-20(18)19-11-7-8-16(3)17(19)4;/h5-11,22H,1,12-14H2,2-4H3;1H. The van der Waals surface area contributed by atoms with E-state index in [1.165, 1.54) is 27.8 Å². The van der Waals surface area contributed by atoms with Crippen molar-refractivity contribution in [2.24, 2.45) is 0 Å². The van der Waals surface area contributed by atoms with Gasteiger partial charge in [-0.1, -0.05) is 49.0 Å². The molecule has 134 valence electrons. The summed E-state index contributed by atoms with van der Waals surface area (Å²) < 4.78 is 5.09.